The van der Waals surface area contributed by atoms with Crippen LogP contribution in [0.1, 0.15) is 0 Å². The van der Waals surface area contributed by atoms with Crippen molar-refractivity contribution in [1.29, 1.82) is 0 Å². The summed E-state index contributed by atoms with van der Waals surface area (Å²) in [6.07, 6.45) is 0. The van der Waals surface area contributed by atoms with Crippen LogP contribution in [0.15, 0.2) is 0 Å². The molecule has 0 saturated carbocycles. The van der Waals surface area contributed by atoms with Crippen molar-refractivity contribution < 1.29 is 63.1 Å². The van der Waals surface area contributed by atoms with E-state index in [1.807, 2.05) is 0 Å². The van der Waals surface area contributed by atoms with Gasteiger partial charge >= 0.3 is 57.2 Å². The van der Waals surface area contributed by atoms with E-state index in [0.29, 0.717) is 0 Å². The molecule has 0 aliphatic carbocycles. The monoisotopic (exact) mass is 220 g/mol. The summed E-state index contributed by atoms with van der Waals surface area (Å²) >= 11 is 0. The molecule has 0 aromatic carbocycles. The first-order chi connectivity index (χ1) is 0. The molecular weight excluding hydrogens is 217 g/mol. The smallest absolute Gasteiger partial charge is 0.870 e. The van der Waals surface area contributed by atoms with Gasteiger partial charge in [0, 0.05) is 21.7 Å². The van der Waals surface area contributed by atoms with E-state index in [9.17, 15) is 0 Å². The van der Waals surface area contributed by atoms with E-state index in [2.05, 4.69) is 0 Å². The average Bonchev–Trinajstić information content (AvgIpc) is 0. The molecule has 4 N–H and O–H groups in total. The van der Waals surface area contributed by atoms with Crippen LogP contribution in [0.2, 0.25) is 0 Å². The number of hydrogen-bond acceptors (Lipinski definition) is 4. The quantitative estimate of drug-likeness (QED) is 0.482. The summed E-state index contributed by atoms with van der Waals surface area (Å²) in [4.78, 5) is 0. The fourth-order valence-corrected chi connectivity index (χ4v) is 0. The normalized spacial score (nSPS) is 0. The molecule has 0 amide bonds. The molecule has 0 aliphatic rings. The Morgan fingerprint density at radius 1 is 0.571 bits per heavy atom. The predicted molar refractivity (Wildman–Crippen MR) is 13.5 cm³/mol. The predicted octanol–water partition coefficient (Wildman–Crippen LogP) is -1.09. The number of rotatable bonds is 0. The van der Waals surface area contributed by atoms with E-state index >= 15 is 0 Å². The van der Waals surface area contributed by atoms with Crippen LogP contribution in [0.4, 0.5) is 0 Å². The van der Waals surface area contributed by atoms with Crippen LogP contribution in [-0.2, 0) is 41.2 Å². The molecule has 0 saturated heterocycles. The minimum atomic E-state index is 0. The fourth-order valence-electron chi connectivity index (χ4n) is 0. The molecule has 0 aliphatic heterocycles. The molecular formula is H4CaO4TiZn. The van der Waals surface area contributed by atoms with Crippen molar-refractivity contribution in [2.24, 2.45) is 0 Å². The summed E-state index contributed by atoms with van der Waals surface area (Å²) in [5, 5.41) is 0. The van der Waals surface area contributed by atoms with Gasteiger partial charge in [0.1, 0.15) is 0 Å². The number of hydrogen-bond donors (Lipinski definition) is 0. The Labute approximate surface area is 99.3 Å². The molecule has 36 valence electrons. The molecule has 0 fully saturated rings. The van der Waals surface area contributed by atoms with Crippen molar-refractivity contribution in [3.05, 3.63) is 0 Å². The molecule has 0 radical (unpaired) electrons. The topological polar surface area (TPSA) is 120 Å². The van der Waals surface area contributed by atoms with Crippen molar-refractivity contribution in [2.45, 2.75) is 0 Å². The SMILES string of the molecule is [Ca+2].[OH-].[OH-].[OH-].[OH-].[Ti].[Zn+2]. The first kappa shape index (κ1) is 113. The largest absolute Gasteiger partial charge is 2.00 e. The zero-order chi connectivity index (χ0) is 0. The van der Waals surface area contributed by atoms with Crippen molar-refractivity contribution >= 4 is 37.7 Å². The second kappa shape index (κ2) is 78.6. The molecule has 0 rings (SSSR count). The second-order valence-corrected chi connectivity index (χ2v) is 0. The molecule has 4 nitrogen and oxygen atoms in total. The van der Waals surface area contributed by atoms with Gasteiger partial charge in [0.25, 0.3) is 0 Å². The van der Waals surface area contributed by atoms with E-state index in [4.69, 9.17) is 0 Å². The van der Waals surface area contributed by atoms with Gasteiger partial charge in [0.2, 0.25) is 0 Å². The van der Waals surface area contributed by atoms with E-state index in [1.165, 1.54) is 0 Å². The van der Waals surface area contributed by atoms with Gasteiger partial charge in [0.15, 0.2) is 0 Å². The summed E-state index contributed by atoms with van der Waals surface area (Å²) in [6, 6.07) is 0. The van der Waals surface area contributed by atoms with Crippen molar-refractivity contribution in [3.63, 3.8) is 0 Å². The summed E-state index contributed by atoms with van der Waals surface area (Å²) in [7, 11) is 0. The maximum absolute atomic E-state index is 0. The van der Waals surface area contributed by atoms with Crippen LogP contribution in [0.5, 0.6) is 0 Å². The molecule has 0 bridgehead atoms. The van der Waals surface area contributed by atoms with Crippen LogP contribution in [0.25, 0.3) is 0 Å². The van der Waals surface area contributed by atoms with Gasteiger partial charge in [-0.25, -0.2) is 0 Å². The van der Waals surface area contributed by atoms with Crippen LogP contribution < -0.4 is 0 Å². The summed E-state index contributed by atoms with van der Waals surface area (Å²) in [5.41, 5.74) is 0. The summed E-state index contributed by atoms with van der Waals surface area (Å²) in [5.74, 6) is 0. The Morgan fingerprint density at radius 3 is 0.571 bits per heavy atom. The van der Waals surface area contributed by atoms with Gasteiger partial charge in [-0.3, -0.25) is 0 Å². The Hall–Kier alpha value is 2.44. The average molecular weight is 221 g/mol. The minimum Gasteiger partial charge on any atom is -0.870 e. The molecule has 0 aromatic rings. The van der Waals surface area contributed by atoms with E-state index in [1.54, 1.807) is 0 Å². The second-order valence-electron chi connectivity index (χ2n) is 0. The van der Waals surface area contributed by atoms with Gasteiger partial charge in [-0.15, -0.1) is 0 Å². The van der Waals surface area contributed by atoms with Crippen molar-refractivity contribution in [3.8, 4) is 0 Å². The van der Waals surface area contributed by atoms with Crippen molar-refractivity contribution in [2.75, 3.05) is 0 Å². The van der Waals surface area contributed by atoms with E-state index in [0.717, 1.165) is 0 Å². The maximum Gasteiger partial charge on any atom is 2.00 e. The molecule has 0 aromatic heterocycles. The van der Waals surface area contributed by atoms with Crippen LogP contribution in [0, 0.1) is 0 Å². The Bertz CT molecular complexity index is 11.7. The Kier molecular flexibility index (Phi) is 1270. The first-order valence-electron chi connectivity index (χ1n) is 0. The van der Waals surface area contributed by atoms with Gasteiger partial charge in [-0.1, -0.05) is 0 Å². The third-order valence-corrected chi connectivity index (χ3v) is 0. The molecule has 7 heteroatoms. The molecule has 0 spiro atoms. The zero-order valence-corrected chi connectivity index (χ0v) is 10.4. The summed E-state index contributed by atoms with van der Waals surface area (Å²) < 4.78 is 0. The van der Waals surface area contributed by atoms with Crippen LogP contribution in [-0.4, -0.2) is 59.6 Å². The Balaban J connectivity index is 0. The zero-order valence-electron chi connectivity index (χ0n) is 3.70. The first-order valence-corrected chi connectivity index (χ1v) is 0. The minimum absolute atomic E-state index is 0. The molecule has 0 heterocycles. The maximum atomic E-state index is 0. The van der Waals surface area contributed by atoms with Gasteiger partial charge in [0.05, 0.1) is 0 Å². The standard InChI is InChI=1S/Ca.4H2O.Ti.Zn/h;4*1H2;;/q+2;;;;;;+2/p-4. The molecule has 0 unspecified atom stereocenters. The molecule has 7 heavy (non-hydrogen) atoms. The third-order valence-electron chi connectivity index (χ3n) is 0. The fraction of sp³-hybridized carbons (Fsp3) is 0. The van der Waals surface area contributed by atoms with Gasteiger partial charge in [-0.05, 0) is 0 Å². The third kappa shape index (κ3) is 58.9. The van der Waals surface area contributed by atoms with Crippen LogP contribution >= 0.6 is 0 Å². The van der Waals surface area contributed by atoms with Crippen LogP contribution in [0.3, 0.4) is 0 Å². The summed E-state index contributed by atoms with van der Waals surface area (Å²) in [6.45, 7) is 0. The van der Waals surface area contributed by atoms with Gasteiger partial charge < -0.3 is 21.9 Å². The van der Waals surface area contributed by atoms with E-state index in [-0.39, 0.29) is 101 Å². The molecule has 0 atom stereocenters. The van der Waals surface area contributed by atoms with Crippen molar-refractivity contribution in [1.82, 2.24) is 0 Å². The van der Waals surface area contributed by atoms with Gasteiger partial charge in [-0.2, -0.15) is 0 Å². The Morgan fingerprint density at radius 2 is 0.571 bits per heavy atom. The van der Waals surface area contributed by atoms with E-state index < -0.39 is 0 Å².